The minimum Gasteiger partial charge on any atom is -0.463 e. The van der Waals surface area contributed by atoms with Crippen molar-refractivity contribution in [1.82, 2.24) is 14.8 Å². The van der Waals surface area contributed by atoms with Crippen molar-refractivity contribution in [2.24, 2.45) is 0 Å². The normalized spacial score (nSPS) is 15.5. The van der Waals surface area contributed by atoms with Crippen LogP contribution in [0.4, 0.5) is 5.95 Å². The Morgan fingerprint density at radius 2 is 1.93 bits per heavy atom. The van der Waals surface area contributed by atoms with Gasteiger partial charge in [-0.05, 0) is 37.1 Å². The third-order valence-electron chi connectivity index (χ3n) is 4.72. The topological polar surface area (TPSA) is 69.0 Å². The first kappa shape index (κ1) is 20.5. The molecule has 2 heterocycles. The number of ether oxygens (including phenoxy) is 1. The molecule has 0 saturated heterocycles. The summed E-state index contributed by atoms with van der Waals surface area (Å²) in [5.74, 6) is 0.978. The van der Waals surface area contributed by atoms with Gasteiger partial charge in [0.25, 0.3) is 0 Å². The molecule has 30 heavy (non-hydrogen) atoms. The molecule has 8 heteroatoms. The van der Waals surface area contributed by atoms with Crippen LogP contribution in [0.5, 0.6) is 0 Å². The third-order valence-corrected chi connectivity index (χ3v) is 5.89. The van der Waals surface area contributed by atoms with Gasteiger partial charge in [-0.2, -0.15) is 4.98 Å². The molecule has 0 spiro atoms. The first-order valence-electron chi connectivity index (χ1n) is 9.60. The van der Waals surface area contributed by atoms with Crippen LogP contribution in [0.25, 0.3) is 0 Å². The monoisotopic (exact) mass is 440 g/mol. The number of halogens is 1. The van der Waals surface area contributed by atoms with E-state index in [9.17, 15) is 4.79 Å². The highest BCUT2D eigenvalue weighted by molar-refractivity contribution is 7.98. The summed E-state index contributed by atoms with van der Waals surface area (Å²) in [4.78, 5) is 17.4. The van der Waals surface area contributed by atoms with Crippen LogP contribution in [0.1, 0.15) is 31.0 Å². The molecule has 6 nitrogen and oxygen atoms in total. The fraction of sp³-hybridized carbons (Fsp3) is 0.227. The van der Waals surface area contributed by atoms with E-state index < -0.39 is 6.04 Å². The van der Waals surface area contributed by atoms with E-state index in [0.29, 0.717) is 34.0 Å². The molecule has 1 N–H and O–H groups in total. The van der Waals surface area contributed by atoms with Gasteiger partial charge in [0, 0.05) is 16.5 Å². The predicted molar refractivity (Wildman–Crippen MR) is 119 cm³/mol. The van der Waals surface area contributed by atoms with Gasteiger partial charge >= 0.3 is 5.97 Å². The van der Waals surface area contributed by atoms with Gasteiger partial charge in [-0.25, -0.2) is 9.48 Å². The number of carbonyl (C=O) groups is 1. The number of rotatable bonds is 6. The Kier molecular flexibility index (Phi) is 6.11. The number of anilines is 1. The van der Waals surface area contributed by atoms with E-state index in [1.807, 2.05) is 37.3 Å². The first-order valence-corrected chi connectivity index (χ1v) is 11.0. The number of nitrogens with one attached hydrogen (secondary N) is 1. The van der Waals surface area contributed by atoms with Crippen molar-refractivity contribution in [1.29, 1.82) is 0 Å². The van der Waals surface area contributed by atoms with Crippen LogP contribution < -0.4 is 5.32 Å². The van der Waals surface area contributed by atoms with Crippen molar-refractivity contribution >= 4 is 35.3 Å². The molecule has 0 fully saturated rings. The summed E-state index contributed by atoms with van der Waals surface area (Å²) in [6.45, 7) is 3.94. The number of thioether (sulfide) groups is 1. The zero-order valence-corrected chi connectivity index (χ0v) is 18.2. The van der Waals surface area contributed by atoms with Crippen molar-refractivity contribution in [2.45, 2.75) is 30.8 Å². The number of benzene rings is 2. The van der Waals surface area contributed by atoms with E-state index in [-0.39, 0.29) is 5.97 Å². The molecule has 0 amide bonds. The minimum atomic E-state index is -0.448. The number of hydrogen-bond acceptors (Lipinski definition) is 6. The molecular formula is C22H21ClN4O2S. The lowest BCUT2D eigenvalue weighted by molar-refractivity contribution is -0.139. The lowest BCUT2D eigenvalue weighted by Gasteiger charge is -2.28. The molecule has 4 rings (SSSR count). The van der Waals surface area contributed by atoms with Crippen molar-refractivity contribution in [2.75, 3.05) is 11.9 Å². The Morgan fingerprint density at radius 1 is 1.20 bits per heavy atom. The molecule has 1 aromatic heterocycles. The number of aromatic nitrogens is 3. The van der Waals surface area contributed by atoms with E-state index in [1.165, 1.54) is 5.56 Å². The molecular weight excluding hydrogens is 420 g/mol. The zero-order valence-electron chi connectivity index (χ0n) is 16.6. The second kappa shape index (κ2) is 8.93. The summed E-state index contributed by atoms with van der Waals surface area (Å²) >= 11 is 7.63. The number of carbonyl (C=O) groups excluding carboxylic acids is 1. The Labute approximate surface area is 184 Å². The maximum Gasteiger partial charge on any atom is 0.338 e. The molecule has 2 aromatic carbocycles. The summed E-state index contributed by atoms with van der Waals surface area (Å²) in [6.07, 6.45) is 0. The Bertz CT molecular complexity index is 1080. The van der Waals surface area contributed by atoms with Crippen LogP contribution in [-0.4, -0.2) is 27.3 Å². The fourth-order valence-electron chi connectivity index (χ4n) is 3.34. The maximum absolute atomic E-state index is 12.8. The Morgan fingerprint density at radius 3 is 2.63 bits per heavy atom. The second-order valence-electron chi connectivity index (χ2n) is 6.78. The van der Waals surface area contributed by atoms with Crippen LogP contribution >= 0.6 is 23.4 Å². The number of fused-ring (bicyclic) bond motifs is 1. The van der Waals surface area contributed by atoms with Crippen molar-refractivity contribution in [3.63, 3.8) is 0 Å². The van der Waals surface area contributed by atoms with Crippen LogP contribution in [0, 0.1) is 0 Å². The van der Waals surface area contributed by atoms with Crippen LogP contribution in [0.3, 0.4) is 0 Å². The average Bonchev–Trinajstić information content (AvgIpc) is 3.15. The lowest BCUT2D eigenvalue weighted by Crippen LogP contribution is -2.29. The Balaban J connectivity index is 1.70. The summed E-state index contributed by atoms with van der Waals surface area (Å²) in [5.41, 5.74) is 3.29. The van der Waals surface area contributed by atoms with Crippen LogP contribution in [-0.2, 0) is 15.3 Å². The number of esters is 1. The summed E-state index contributed by atoms with van der Waals surface area (Å²) in [5, 5.41) is 9.18. The smallest absolute Gasteiger partial charge is 0.338 e. The molecule has 154 valence electrons. The predicted octanol–water partition coefficient (Wildman–Crippen LogP) is 5.08. The highest BCUT2D eigenvalue weighted by Gasteiger charge is 2.35. The first-order chi connectivity index (χ1) is 14.6. The van der Waals surface area contributed by atoms with Crippen molar-refractivity contribution < 1.29 is 9.53 Å². The Hall–Kier alpha value is -2.77. The van der Waals surface area contributed by atoms with E-state index in [4.69, 9.17) is 21.4 Å². The van der Waals surface area contributed by atoms with Crippen LogP contribution in [0.2, 0.25) is 5.02 Å². The number of nitrogens with zero attached hydrogens (tertiary/aromatic N) is 3. The van der Waals surface area contributed by atoms with Gasteiger partial charge in [-0.15, -0.1) is 5.10 Å². The zero-order chi connectivity index (χ0) is 21.1. The quantitative estimate of drug-likeness (QED) is 0.426. The minimum absolute atomic E-state index is 0.297. The third kappa shape index (κ3) is 4.22. The van der Waals surface area contributed by atoms with E-state index in [1.54, 1.807) is 35.5 Å². The van der Waals surface area contributed by atoms with Gasteiger partial charge in [0.1, 0.15) is 6.04 Å². The van der Waals surface area contributed by atoms with Gasteiger partial charge in [0.05, 0.1) is 12.2 Å². The lowest BCUT2D eigenvalue weighted by atomic mass is 9.96. The maximum atomic E-state index is 12.8. The molecule has 0 saturated carbocycles. The SMILES string of the molecule is CCOC(=O)C1=C(C)Nc2nc(SCc3ccccc3)nn2[C@@H]1c1ccc(Cl)cc1. The van der Waals surface area contributed by atoms with Gasteiger partial charge < -0.3 is 10.1 Å². The molecule has 1 atom stereocenters. The summed E-state index contributed by atoms with van der Waals surface area (Å²) in [7, 11) is 0. The largest absolute Gasteiger partial charge is 0.463 e. The molecule has 0 radical (unpaired) electrons. The summed E-state index contributed by atoms with van der Waals surface area (Å²) in [6, 6.07) is 17.1. The van der Waals surface area contributed by atoms with E-state index in [0.717, 1.165) is 11.3 Å². The molecule has 0 aliphatic carbocycles. The van der Waals surface area contributed by atoms with E-state index in [2.05, 4.69) is 22.4 Å². The van der Waals surface area contributed by atoms with Crippen molar-refractivity contribution in [3.05, 3.63) is 82.0 Å². The highest BCUT2D eigenvalue weighted by atomic mass is 35.5. The molecule has 1 aliphatic heterocycles. The highest BCUT2D eigenvalue weighted by Crippen LogP contribution is 2.37. The van der Waals surface area contributed by atoms with E-state index >= 15 is 0 Å². The average molecular weight is 441 g/mol. The summed E-state index contributed by atoms with van der Waals surface area (Å²) < 4.78 is 7.07. The number of hydrogen-bond donors (Lipinski definition) is 1. The standard InChI is InChI=1S/C22H21ClN4O2S/c1-3-29-20(28)18-14(2)24-21-25-22(30-13-15-7-5-4-6-8-15)26-27(21)19(18)16-9-11-17(23)12-10-16/h4-12,19H,3,13H2,1-2H3,(H,24,25,26)/t19-/m1/s1. The van der Waals surface area contributed by atoms with Gasteiger partial charge in [0.15, 0.2) is 0 Å². The number of allylic oxidation sites excluding steroid dienone is 1. The molecule has 0 bridgehead atoms. The van der Waals surface area contributed by atoms with Crippen molar-refractivity contribution in [3.8, 4) is 0 Å². The van der Waals surface area contributed by atoms with Gasteiger partial charge in [0.2, 0.25) is 11.1 Å². The molecule has 1 aliphatic rings. The second-order valence-corrected chi connectivity index (χ2v) is 8.15. The van der Waals surface area contributed by atoms with Crippen LogP contribution in [0.15, 0.2) is 71.0 Å². The van der Waals surface area contributed by atoms with Gasteiger partial charge in [-0.3, -0.25) is 0 Å². The fourth-order valence-corrected chi connectivity index (χ4v) is 4.25. The molecule has 0 unspecified atom stereocenters. The van der Waals surface area contributed by atoms with Gasteiger partial charge in [-0.1, -0.05) is 65.8 Å². The molecule has 3 aromatic rings.